The van der Waals surface area contributed by atoms with Crippen LogP contribution in [0.4, 0.5) is 4.39 Å². The molecule has 5 nitrogen and oxygen atoms in total. The van der Waals surface area contributed by atoms with E-state index in [9.17, 15) is 14.0 Å². The molecule has 3 rings (SSSR count). The standard InChI is InChI=1S/C21H30FN3O2/c1-23(13-8-17-4-6-19(22)7-5-17)16-20(26)24-14-9-18(10-15-24)21(27)25-11-2-3-12-25/h4-7,18H,2-3,8-16H2,1H3. The van der Waals surface area contributed by atoms with Crippen LogP contribution < -0.4 is 0 Å². The van der Waals surface area contributed by atoms with Crippen molar-refractivity contribution in [1.29, 1.82) is 0 Å². The molecule has 2 aliphatic rings. The zero-order valence-electron chi connectivity index (χ0n) is 16.2. The zero-order chi connectivity index (χ0) is 19.2. The van der Waals surface area contributed by atoms with Crippen LogP contribution in [-0.4, -0.2) is 72.8 Å². The Labute approximate surface area is 161 Å². The maximum absolute atomic E-state index is 12.9. The van der Waals surface area contributed by atoms with Gasteiger partial charge in [0.25, 0.3) is 0 Å². The fraction of sp³-hybridized carbons (Fsp3) is 0.619. The predicted octanol–water partition coefficient (Wildman–Crippen LogP) is 2.16. The predicted molar refractivity (Wildman–Crippen MR) is 103 cm³/mol. The molecule has 27 heavy (non-hydrogen) atoms. The molecular weight excluding hydrogens is 345 g/mol. The highest BCUT2D eigenvalue weighted by atomic mass is 19.1. The van der Waals surface area contributed by atoms with Crippen LogP contribution >= 0.6 is 0 Å². The van der Waals surface area contributed by atoms with Crippen LogP contribution in [0, 0.1) is 11.7 Å². The van der Waals surface area contributed by atoms with Crippen molar-refractivity contribution in [3.63, 3.8) is 0 Å². The van der Waals surface area contributed by atoms with Crippen molar-refractivity contribution in [1.82, 2.24) is 14.7 Å². The van der Waals surface area contributed by atoms with Gasteiger partial charge < -0.3 is 9.80 Å². The van der Waals surface area contributed by atoms with E-state index in [4.69, 9.17) is 0 Å². The molecule has 0 aliphatic carbocycles. The minimum atomic E-state index is -0.228. The first kappa shape index (κ1) is 19.8. The van der Waals surface area contributed by atoms with Crippen molar-refractivity contribution < 1.29 is 14.0 Å². The molecule has 1 aromatic carbocycles. The fourth-order valence-electron chi connectivity index (χ4n) is 3.95. The molecule has 2 saturated heterocycles. The molecule has 0 saturated carbocycles. The van der Waals surface area contributed by atoms with E-state index < -0.39 is 0 Å². The van der Waals surface area contributed by atoms with Crippen molar-refractivity contribution in [2.24, 2.45) is 5.92 Å². The van der Waals surface area contributed by atoms with Crippen LogP contribution in [0.25, 0.3) is 0 Å². The van der Waals surface area contributed by atoms with Crippen LogP contribution in [0.2, 0.25) is 0 Å². The number of benzene rings is 1. The Morgan fingerprint density at radius 2 is 1.67 bits per heavy atom. The average molecular weight is 375 g/mol. The summed E-state index contributed by atoms with van der Waals surface area (Å²) in [6.07, 6.45) is 4.58. The summed E-state index contributed by atoms with van der Waals surface area (Å²) in [4.78, 5) is 30.9. The Morgan fingerprint density at radius 3 is 2.30 bits per heavy atom. The molecule has 2 amide bonds. The number of piperidine rings is 1. The van der Waals surface area contributed by atoms with Crippen LogP contribution in [0.15, 0.2) is 24.3 Å². The Bertz CT molecular complexity index is 635. The topological polar surface area (TPSA) is 43.9 Å². The highest BCUT2D eigenvalue weighted by Gasteiger charge is 2.31. The van der Waals surface area contributed by atoms with Gasteiger partial charge in [-0.1, -0.05) is 12.1 Å². The van der Waals surface area contributed by atoms with Crippen molar-refractivity contribution >= 4 is 11.8 Å². The second-order valence-corrected chi connectivity index (χ2v) is 7.80. The van der Waals surface area contributed by atoms with Crippen molar-refractivity contribution in [3.8, 4) is 0 Å². The lowest BCUT2D eigenvalue weighted by Gasteiger charge is -2.34. The van der Waals surface area contributed by atoms with Gasteiger partial charge in [-0.3, -0.25) is 14.5 Å². The first-order valence-corrected chi connectivity index (χ1v) is 10.0. The summed E-state index contributed by atoms with van der Waals surface area (Å²) in [5.74, 6) is 0.275. The van der Waals surface area contributed by atoms with E-state index in [2.05, 4.69) is 0 Å². The number of rotatable bonds is 6. The minimum Gasteiger partial charge on any atom is -0.342 e. The van der Waals surface area contributed by atoms with Gasteiger partial charge in [-0.15, -0.1) is 0 Å². The molecular formula is C21H30FN3O2. The van der Waals surface area contributed by atoms with Crippen LogP contribution in [-0.2, 0) is 16.0 Å². The number of halogens is 1. The summed E-state index contributed by atoms with van der Waals surface area (Å²) in [6, 6.07) is 6.50. The first-order valence-electron chi connectivity index (χ1n) is 10.0. The number of amides is 2. The number of nitrogens with zero attached hydrogens (tertiary/aromatic N) is 3. The van der Waals surface area contributed by atoms with Gasteiger partial charge in [-0.25, -0.2) is 4.39 Å². The molecule has 0 unspecified atom stereocenters. The molecule has 6 heteroatoms. The third kappa shape index (κ3) is 5.51. The molecule has 0 aromatic heterocycles. The van der Waals surface area contributed by atoms with E-state index >= 15 is 0 Å². The number of likely N-dealkylation sites (tertiary alicyclic amines) is 2. The average Bonchev–Trinajstić information content (AvgIpc) is 3.22. The SMILES string of the molecule is CN(CCc1ccc(F)cc1)CC(=O)N1CCC(C(=O)N2CCCC2)CC1. The number of carbonyl (C=O) groups is 2. The van der Waals surface area contributed by atoms with Crippen LogP contribution in [0.3, 0.4) is 0 Å². The van der Waals surface area contributed by atoms with E-state index in [-0.39, 0.29) is 23.5 Å². The second kappa shape index (κ2) is 9.31. The van der Waals surface area contributed by atoms with Crippen molar-refractivity contribution in [2.75, 3.05) is 46.3 Å². The zero-order valence-corrected chi connectivity index (χ0v) is 16.2. The summed E-state index contributed by atoms with van der Waals surface area (Å²) < 4.78 is 12.9. The molecule has 0 spiro atoms. The van der Waals surface area contributed by atoms with Crippen LogP contribution in [0.1, 0.15) is 31.2 Å². The second-order valence-electron chi connectivity index (χ2n) is 7.80. The van der Waals surface area contributed by atoms with Gasteiger partial charge in [-0.2, -0.15) is 0 Å². The van der Waals surface area contributed by atoms with E-state index in [1.807, 2.05) is 21.7 Å². The van der Waals surface area contributed by atoms with E-state index in [0.717, 1.165) is 57.3 Å². The number of carbonyl (C=O) groups excluding carboxylic acids is 2. The lowest BCUT2D eigenvalue weighted by atomic mass is 9.95. The molecule has 0 atom stereocenters. The van der Waals surface area contributed by atoms with Crippen molar-refractivity contribution in [2.45, 2.75) is 32.1 Å². The molecule has 0 bridgehead atoms. The van der Waals surface area contributed by atoms with Crippen molar-refractivity contribution in [3.05, 3.63) is 35.6 Å². The quantitative estimate of drug-likeness (QED) is 0.765. The summed E-state index contributed by atoms with van der Waals surface area (Å²) in [5, 5.41) is 0. The van der Waals surface area contributed by atoms with Gasteiger partial charge in [0.1, 0.15) is 5.82 Å². The summed E-state index contributed by atoms with van der Waals surface area (Å²) in [7, 11) is 1.94. The summed E-state index contributed by atoms with van der Waals surface area (Å²) in [6.45, 7) is 4.28. The van der Waals surface area contributed by atoms with Gasteiger partial charge in [0.2, 0.25) is 11.8 Å². The van der Waals surface area contributed by atoms with Gasteiger partial charge >= 0.3 is 0 Å². The number of hydrogen-bond donors (Lipinski definition) is 0. The maximum atomic E-state index is 12.9. The lowest BCUT2D eigenvalue weighted by molar-refractivity contribution is -0.140. The fourth-order valence-corrected chi connectivity index (χ4v) is 3.95. The molecule has 0 N–H and O–H groups in total. The summed E-state index contributed by atoms with van der Waals surface area (Å²) >= 11 is 0. The Morgan fingerprint density at radius 1 is 1.04 bits per heavy atom. The van der Waals surface area contributed by atoms with E-state index in [1.165, 1.54) is 12.1 Å². The Kier molecular flexibility index (Phi) is 6.83. The maximum Gasteiger partial charge on any atom is 0.236 e. The third-order valence-electron chi connectivity index (χ3n) is 5.72. The Hall–Kier alpha value is -1.95. The molecule has 2 fully saturated rings. The van der Waals surface area contributed by atoms with Gasteiger partial charge in [0.15, 0.2) is 0 Å². The number of hydrogen-bond acceptors (Lipinski definition) is 3. The molecule has 148 valence electrons. The normalized spacial score (nSPS) is 18.3. The highest BCUT2D eigenvalue weighted by molar-refractivity contribution is 5.81. The summed E-state index contributed by atoms with van der Waals surface area (Å²) in [5.41, 5.74) is 1.07. The van der Waals surface area contributed by atoms with E-state index in [0.29, 0.717) is 19.6 Å². The number of likely N-dealkylation sites (N-methyl/N-ethyl adjacent to an activating group) is 1. The van der Waals surface area contributed by atoms with Crippen LogP contribution in [0.5, 0.6) is 0 Å². The smallest absolute Gasteiger partial charge is 0.236 e. The third-order valence-corrected chi connectivity index (χ3v) is 5.72. The highest BCUT2D eigenvalue weighted by Crippen LogP contribution is 2.22. The minimum absolute atomic E-state index is 0.0864. The Balaban J connectivity index is 1.38. The van der Waals surface area contributed by atoms with Gasteiger partial charge in [0.05, 0.1) is 6.54 Å². The molecule has 2 aliphatic heterocycles. The lowest BCUT2D eigenvalue weighted by Crippen LogP contribution is -2.46. The van der Waals surface area contributed by atoms with Gasteiger partial charge in [-0.05, 0) is 56.8 Å². The molecule has 1 aromatic rings. The largest absolute Gasteiger partial charge is 0.342 e. The molecule has 0 radical (unpaired) electrons. The van der Waals surface area contributed by atoms with Gasteiger partial charge in [0, 0.05) is 38.6 Å². The first-order chi connectivity index (χ1) is 13.0. The monoisotopic (exact) mass is 375 g/mol. The van der Waals surface area contributed by atoms with E-state index in [1.54, 1.807) is 12.1 Å². The molecule has 2 heterocycles.